The molecular weight excluding hydrogens is 270 g/mol. The number of carboxylic acids is 1. The molecule has 0 unspecified atom stereocenters. The number of sulfonamides is 1. The third-order valence-electron chi connectivity index (χ3n) is 3.24. The lowest BCUT2D eigenvalue weighted by Crippen LogP contribution is -2.66. The van der Waals surface area contributed by atoms with Crippen molar-refractivity contribution in [2.24, 2.45) is 0 Å². The van der Waals surface area contributed by atoms with E-state index in [1.807, 2.05) is 0 Å². The third kappa shape index (κ3) is 1.81. The first-order valence-electron chi connectivity index (χ1n) is 5.57. The Hall–Kier alpha value is -1.89. The van der Waals surface area contributed by atoms with E-state index >= 15 is 0 Å². The smallest absolute Gasteiger partial charge is 0.336 e. The fourth-order valence-electron chi connectivity index (χ4n) is 1.93. The molecule has 1 aliphatic heterocycles. The minimum Gasteiger partial charge on any atom is -0.478 e. The van der Waals surface area contributed by atoms with Crippen LogP contribution in [0.5, 0.6) is 0 Å². The standard InChI is InChI=1S/C12H13NO5S/c1-12(2)11(16)13(19(12,17)18)7-8-5-3-4-6-9(8)10(14)15/h3-6H,7H2,1-2H3,(H,14,15). The number of carboxylic acid groups (broad SMARTS) is 1. The maximum Gasteiger partial charge on any atom is 0.336 e. The van der Waals surface area contributed by atoms with Gasteiger partial charge in [-0.2, -0.15) is 0 Å². The minimum absolute atomic E-state index is 0.00444. The van der Waals surface area contributed by atoms with Crippen LogP contribution in [0.2, 0.25) is 0 Å². The maximum absolute atomic E-state index is 11.9. The summed E-state index contributed by atoms with van der Waals surface area (Å²) in [5.41, 5.74) is 0.289. The number of hydrogen-bond donors (Lipinski definition) is 1. The van der Waals surface area contributed by atoms with Gasteiger partial charge in [0, 0.05) is 0 Å². The fraction of sp³-hybridized carbons (Fsp3) is 0.333. The Morgan fingerprint density at radius 1 is 1.32 bits per heavy atom. The zero-order valence-electron chi connectivity index (χ0n) is 10.5. The molecule has 2 rings (SSSR count). The largest absolute Gasteiger partial charge is 0.478 e. The average Bonchev–Trinajstić information content (AvgIpc) is 2.35. The van der Waals surface area contributed by atoms with Gasteiger partial charge < -0.3 is 5.11 Å². The van der Waals surface area contributed by atoms with Gasteiger partial charge in [0.1, 0.15) is 0 Å². The molecule has 7 heteroatoms. The van der Waals surface area contributed by atoms with E-state index in [2.05, 4.69) is 0 Å². The Morgan fingerprint density at radius 3 is 2.42 bits per heavy atom. The lowest BCUT2D eigenvalue weighted by atomic mass is 10.1. The van der Waals surface area contributed by atoms with Crippen molar-refractivity contribution in [3.05, 3.63) is 35.4 Å². The minimum atomic E-state index is -3.70. The van der Waals surface area contributed by atoms with Crippen molar-refractivity contribution in [1.82, 2.24) is 4.31 Å². The van der Waals surface area contributed by atoms with Crippen LogP contribution in [-0.4, -0.2) is 34.5 Å². The Morgan fingerprint density at radius 2 is 1.89 bits per heavy atom. The van der Waals surface area contributed by atoms with Crippen molar-refractivity contribution in [1.29, 1.82) is 0 Å². The molecule has 6 nitrogen and oxygen atoms in total. The van der Waals surface area contributed by atoms with E-state index in [0.717, 1.165) is 4.31 Å². The second-order valence-corrected chi connectivity index (χ2v) is 7.20. The monoisotopic (exact) mass is 283 g/mol. The van der Waals surface area contributed by atoms with Gasteiger partial charge in [0.25, 0.3) is 15.9 Å². The van der Waals surface area contributed by atoms with Crippen LogP contribution in [0.25, 0.3) is 0 Å². The Kier molecular flexibility index (Phi) is 2.89. The molecule has 1 N–H and O–H groups in total. The molecule has 1 fully saturated rings. The summed E-state index contributed by atoms with van der Waals surface area (Å²) < 4.78 is 23.1. The first-order chi connectivity index (χ1) is 8.69. The molecule has 0 saturated carbocycles. The molecule has 1 heterocycles. The summed E-state index contributed by atoms with van der Waals surface area (Å²) in [7, 11) is -3.70. The average molecular weight is 283 g/mol. The molecule has 1 saturated heterocycles. The molecule has 0 bridgehead atoms. The van der Waals surface area contributed by atoms with E-state index in [1.54, 1.807) is 12.1 Å². The number of nitrogens with zero attached hydrogens (tertiary/aromatic N) is 1. The molecule has 19 heavy (non-hydrogen) atoms. The molecular formula is C12H13NO5S. The third-order valence-corrected chi connectivity index (χ3v) is 5.58. The SMILES string of the molecule is CC1(C)C(=O)N(Cc2ccccc2C(=O)O)S1(=O)=O. The molecule has 0 aromatic heterocycles. The summed E-state index contributed by atoms with van der Waals surface area (Å²) >= 11 is 0. The highest BCUT2D eigenvalue weighted by molar-refractivity contribution is 7.94. The summed E-state index contributed by atoms with van der Waals surface area (Å²) in [6.45, 7) is 2.43. The Bertz CT molecular complexity index is 662. The first-order valence-corrected chi connectivity index (χ1v) is 7.01. The second kappa shape index (κ2) is 4.06. The highest BCUT2D eigenvalue weighted by Gasteiger charge is 2.59. The van der Waals surface area contributed by atoms with Gasteiger partial charge in [0.05, 0.1) is 12.1 Å². The van der Waals surface area contributed by atoms with Gasteiger partial charge in [0.15, 0.2) is 4.75 Å². The topological polar surface area (TPSA) is 91.8 Å². The summed E-state index contributed by atoms with van der Waals surface area (Å²) in [4.78, 5) is 22.8. The van der Waals surface area contributed by atoms with E-state index in [1.165, 1.54) is 26.0 Å². The van der Waals surface area contributed by atoms with Crippen molar-refractivity contribution in [3.63, 3.8) is 0 Å². The predicted molar refractivity (Wildman–Crippen MR) is 67.0 cm³/mol. The van der Waals surface area contributed by atoms with Crippen LogP contribution in [0, 0.1) is 0 Å². The van der Waals surface area contributed by atoms with Gasteiger partial charge in [-0.1, -0.05) is 18.2 Å². The molecule has 1 amide bonds. The van der Waals surface area contributed by atoms with Crippen LogP contribution in [0.4, 0.5) is 0 Å². The number of rotatable bonds is 3. The van der Waals surface area contributed by atoms with Crippen LogP contribution < -0.4 is 0 Å². The number of benzene rings is 1. The van der Waals surface area contributed by atoms with E-state index in [0.29, 0.717) is 5.56 Å². The van der Waals surface area contributed by atoms with Crippen molar-refractivity contribution in [3.8, 4) is 0 Å². The Labute approximate surface area is 110 Å². The zero-order valence-corrected chi connectivity index (χ0v) is 11.3. The second-order valence-electron chi connectivity index (χ2n) is 4.79. The van der Waals surface area contributed by atoms with Gasteiger partial charge in [-0.25, -0.2) is 17.5 Å². The number of aromatic carboxylic acids is 1. The molecule has 1 aliphatic rings. The van der Waals surface area contributed by atoms with Crippen molar-refractivity contribution in [2.45, 2.75) is 25.1 Å². The summed E-state index contributed by atoms with van der Waals surface area (Å²) in [5.74, 6) is -1.67. The maximum atomic E-state index is 11.9. The van der Waals surface area contributed by atoms with Crippen LogP contribution >= 0.6 is 0 Å². The number of amides is 1. The molecule has 0 spiro atoms. The summed E-state index contributed by atoms with van der Waals surface area (Å²) in [6.07, 6.45) is 0. The van der Waals surface area contributed by atoms with E-state index < -0.39 is 26.6 Å². The van der Waals surface area contributed by atoms with Gasteiger partial charge >= 0.3 is 5.97 Å². The van der Waals surface area contributed by atoms with E-state index in [9.17, 15) is 18.0 Å². The molecule has 1 aromatic carbocycles. The number of carbonyl (C=O) groups excluding carboxylic acids is 1. The first kappa shape index (κ1) is 13.5. The van der Waals surface area contributed by atoms with Gasteiger partial charge in [0.2, 0.25) is 0 Å². The van der Waals surface area contributed by atoms with Crippen molar-refractivity contribution < 1.29 is 23.1 Å². The van der Waals surface area contributed by atoms with Crippen LogP contribution in [0.3, 0.4) is 0 Å². The van der Waals surface area contributed by atoms with E-state index in [4.69, 9.17) is 5.11 Å². The fourth-order valence-corrected chi connectivity index (χ4v) is 3.44. The summed E-state index contributed by atoms with van der Waals surface area (Å²) in [5, 5.41) is 9.02. The normalized spacial score (nSPS) is 19.9. The van der Waals surface area contributed by atoms with E-state index in [-0.39, 0.29) is 12.1 Å². The lowest BCUT2D eigenvalue weighted by Gasteiger charge is -2.43. The number of hydrogen-bond acceptors (Lipinski definition) is 4. The quantitative estimate of drug-likeness (QED) is 0.887. The van der Waals surface area contributed by atoms with Crippen molar-refractivity contribution >= 4 is 21.9 Å². The van der Waals surface area contributed by atoms with Gasteiger partial charge in [-0.05, 0) is 25.5 Å². The van der Waals surface area contributed by atoms with Crippen LogP contribution in [-0.2, 0) is 21.4 Å². The van der Waals surface area contributed by atoms with Crippen molar-refractivity contribution in [2.75, 3.05) is 0 Å². The number of carbonyl (C=O) groups is 2. The predicted octanol–water partition coefficient (Wildman–Crippen LogP) is 0.835. The van der Waals surface area contributed by atoms with Crippen LogP contribution in [0.15, 0.2) is 24.3 Å². The van der Waals surface area contributed by atoms with Gasteiger partial charge in [-0.3, -0.25) is 4.79 Å². The van der Waals surface area contributed by atoms with Crippen LogP contribution in [0.1, 0.15) is 29.8 Å². The lowest BCUT2D eigenvalue weighted by molar-refractivity contribution is -0.132. The molecule has 0 radical (unpaired) electrons. The highest BCUT2D eigenvalue weighted by Crippen LogP contribution is 2.36. The zero-order chi connectivity index (χ0) is 14.4. The summed E-state index contributed by atoms with van der Waals surface area (Å²) in [6, 6.07) is 6.02. The highest BCUT2D eigenvalue weighted by atomic mass is 32.2. The molecule has 1 aromatic rings. The molecule has 102 valence electrons. The molecule has 0 atom stereocenters. The molecule has 0 aliphatic carbocycles. The Balaban J connectivity index is 2.35. The van der Waals surface area contributed by atoms with Gasteiger partial charge in [-0.15, -0.1) is 0 Å².